The van der Waals surface area contributed by atoms with Gasteiger partial charge in [-0.1, -0.05) is 0 Å². The average molecular weight is 309 g/mol. The first kappa shape index (κ1) is 12.9. The van der Waals surface area contributed by atoms with Gasteiger partial charge in [-0.25, -0.2) is 4.98 Å². The summed E-state index contributed by atoms with van der Waals surface area (Å²) < 4.78 is 6.15. The maximum Gasteiger partial charge on any atom is 0.237 e. The lowest BCUT2D eigenvalue weighted by Crippen LogP contribution is -2.20. The second-order valence-electron chi connectivity index (χ2n) is 3.61. The van der Waals surface area contributed by atoms with Crippen molar-refractivity contribution in [2.24, 2.45) is 0 Å². The molecular weight excluding hydrogens is 296 g/mol. The summed E-state index contributed by atoms with van der Waals surface area (Å²) in [5, 5.41) is 3.19. The molecule has 0 aliphatic heterocycles. The molecule has 6 heteroatoms. The van der Waals surface area contributed by atoms with Gasteiger partial charge in [0.1, 0.15) is 5.69 Å². The molecule has 0 bridgehead atoms. The van der Waals surface area contributed by atoms with Crippen molar-refractivity contribution < 1.29 is 4.74 Å². The number of hydrogen-bond acceptors (Lipinski definition) is 5. The summed E-state index contributed by atoms with van der Waals surface area (Å²) in [6.45, 7) is 0. The van der Waals surface area contributed by atoms with Gasteiger partial charge in [-0.05, 0) is 34.6 Å². The van der Waals surface area contributed by atoms with E-state index in [9.17, 15) is 0 Å². The molecule has 0 spiro atoms. The Balaban J connectivity index is 2.45. The van der Waals surface area contributed by atoms with E-state index in [1.807, 2.05) is 13.1 Å². The zero-order chi connectivity index (χ0) is 13.0. The van der Waals surface area contributed by atoms with Crippen molar-refractivity contribution in [2.45, 2.75) is 6.04 Å². The molecule has 0 aliphatic rings. The largest absolute Gasteiger partial charge is 0.480 e. The van der Waals surface area contributed by atoms with Crippen LogP contribution in [0.3, 0.4) is 0 Å². The predicted octanol–water partition coefficient (Wildman–Crippen LogP) is 1.95. The molecule has 0 radical (unpaired) electrons. The summed E-state index contributed by atoms with van der Waals surface area (Å²) >= 11 is 3.41. The van der Waals surface area contributed by atoms with E-state index in [1.165, 1.54) is 0 Å². The minimum atomic E-state index is -0.112. The van der Waals surface area contributed by atoms with E-state index in [0.29, 0.717) is 5.88 Å². The first-order valence-corrected chi connectivity index (χ1v) is 6.18. The van der Waals surface area contributed by atoms with E-state index in [1.54, 1.807) is 31.9 Å². The molecule has 1 atom stereocenters. The molecule has 2 rings (SSSR count). The number of pyridine rings is 1. The van der Waals surface area contributed by atoms with Crippen LogP contribution in [0.2, 0.25) is 0 Å². The molecule has 2 heterocycles. The highest BCUT2D eigenvalue weighted by Gasteiger charge is 2.19. The van der Waals surface area contributed by atoms with Gasteiger partial charge in [-0.3, -0.25) is 9.97 Å². The van der Waals surface area contributed by atoms with Gasteiger partial charge in [0.2, 0.25) is 5.88 Å². The zero-order valence-corrected chi connectivity index (χ0v) is 11.7. The quantitative estimate of drug-likeness (QED) is 0.935. The number of rotatable bonds is 4. The molecule has 0 amide bonds. The van der Waals surface area contributed by atoms with Crippen molar-refractivity contribution in [3.63, 3.8) is 0 Å². The zero-order valence-electron chi connectivity index (χ0n) is 10.1. The van der Waals surface area contributed by atoms with Crippen molar-refractivity contribution in [1.82, 2.24) is 20.3 Å². The predicted molar refractivity (Wildman–Crippen MR) is 71.4 cm³/mol. The Hall–Kier alpha value is -1.53. The lowest BCUT2D eigenvalue weighted by Gasteiger charge is -2.17. The molecule has 18 heavy (non-hydrogen) atoms. The van der Waals surface area contributed by atoms with Crippen LogP contribution in [0.25, 0.3) is 0 Å². The fraction of sp³-hybridized carbons (Fsp3) is 0.250. The molecule has 2 aromatic rings. The van der Waals surface area contributed by atoms with Crippen LogP contribution in [-0.4, -0.2) is 29.1 Å². The van der Waals surface area contributed by atoms with Gasteiger partial charge in [0.15, 0.2) is 0 Å². The molecule has 0 aromatic carbocycles. The standard InChI is InChI=1S/C12H13BrN4O/c1-14-10(8-5-9(13)7-15-6-8)11-12(18-2)17-4-3-16-11/h3-7,10,14H,1-2H3. The molecular formula is C12H13BrN4O. The normalized spacial score (nSPS) is 12.2. The Morgan fingerprint density at radius 2 is 2.06 bits per heavy atom. The second kappa shape index (κ2) is 5.88. The molecule has 1 unspecified atom stereocenters. The molecule has 2 aromatic heterocycles. The lowest BCUT2D eigenvalue weighted by atomic mass is 10.1. The Kier molecular flexibility index (Phi) is 4.22. The highest BCUT2D eigenvalue weighted by molar-refractivity contribution is 9.10. The Bertz CT molecular complexity index is 535. The number of nitrogens with one attached hydrogen (secondary N) is 1. The maximum atomic E-state index is 5.23. The minimum Gasteiger partial charge on any atom is -0.480 e. The lowest BCUT2D eigenvalue weighted by molar-refractivity contribution is 0.384. The number of aromatic nitrogens is 3. The summed E-state index contributed by atoms with van der Waals surface area (Å²) in [5.74, 6) is 0.511. The minimum absolute atomic E-state index is 0.112. The third kappa shape index (κ3) is 2.65. The van der Waals surface area contributed by atoms with E-state index < -0.39 is 0 Å². The van der Waals surface area contributed by atoms with Crippen LogP contribution in [0.4, 0.5) is 0 Å². The average Bonchev–Trinajstić information content (AvgIpc) is 2.40. The molecule has 0 fully saturated rings. The smallest absolute Gasteiger partial charge is 0.237 e. The summed E-state index contributed by atoms with van der Waals surface area (Å²) in [7, 11) is 3.44. The topological polar surface area (TPSA) is 59.9 Å². The van der Waals surface area contributed by atoms with Crippen LogP contribution < -0.4 is 10.1 Å². The van der Waals surface area contributed by atoms with Crippen LogP contribution in [0, 0.1) is 0 Å². The van der Waals surface area contributed by atoms with Gasteiger partial charge >= 0.3 is 0 Å². The number of methoxy groups -OCH3 is 1. The fourth-order valence-electron chi connectivity index (χ4n) is 1.74. The van der Waals surface area contributed by atoms with Crippen molar-refractivity contribution in [2.75, 3.05) is 14.2 Å². The fourth-order valence-corrected chi connectivity index (χ4v) is 2.12. The van der Waals surface area contributed by atoms with E-state index in [0.717, 1.165) is 15.7 Å². The van der Waals surface area contributed by atoms with Crippen LogP contribution >= 0.6 is 15.9 Å². The van der Waals surface area contributed by atoms with Crippen molar-refractivity contribution >= 4 is 15.9 Å². The van der Waals surface area contributed by atoms with E-state index in [-0.39, 0.29) is 6.04 Å². The SMILES string of the molecule is CNC(c1cncc(Br)c1)c1nccnc1OC. The third-order valence-corrected chi connectivity index (χ3v) is 2.94. The van der Waals surface area contributed by atoms with Gasteiger partial charge in [0.25, 0.3) is 0 Å². The maximum absolute atomic E-state index is 5.23. The van der Waals surface area contributed by atoms with Crippen molar-refractivity contribution in [3.05, 3.63) is 46.6 Å². The summed E-state index contributed by atoms with van der Waals surface area (Å²) in [4.78, 5) is 12.6. The van der Waals surface area contributed by atoms with Crippen molar-refractivity contribution in [1.29, 1.82) is 0 Å². The van der Waals surface area contributed by atoms with Crippen LogP contribution in [-0.2, 0) is 0 Å². The van der Waals surface area contributed by atoms with Gasteiger partial charge in [0, 0.05) is 29.3 Å². The molecule has 0 saturated heterocycles. The van der Waals surface area contributed by atoms with Gasteiger partial charge < -0.3 is 10.1 Å². The van der Waals surface area contributed by atoms with Crippen LogP contribution in [0.15, 0.2) is 35.3 Å². The summed E-state index contributed by atoms with van der Waals surface area (Å²) in [5.41, 5.74) is 1.73. The molecule has 94 valence electrons. The number of ether oxygens (including phenoxy) is 1. The molecule has 0 aliphatic carbocycles. The van der Waals surface area contributed by atoms with Gasteiger partial charge in [-0.2, -0.15) is 0 Å². The van der Waals surface area contributed by atoms with Crippen LogP contribution in [0.5, 0.6) is 5.88 Å². The summed E-state index contributed by atoms with van der Waals surface area (Å²) in [6, 6.07) is 1.88. The first-order valence-electron chi connectivity index (χ1n) is 5.39. The Morgan fingerprint density at radius 3 is 2.72 bits per heavy atom. The van der Waals surface area contributed by atoms with Crippen molar-refractivity contribution in [3.8, 4) is 5.88 Å². The van der Waals surface area contributed by atoms with E-state index in [4.69, 9.17) is 4.74 Å². The highest BCUT2D eigenvalue weighted by Crippen LogP contribution is 2.26. The second-order valence-corrected chi connectivity index (χ2v) is 4.52. The van der Waals surface area contributed by atoms with Crippen LogP contribution in [0.1, 0.15) is 17.3 Å². The summed E-state index contributed by atoms with van der Waals surface area (Å²) in [6.07, 6.45) is 6.78. The number of halogens is 1. The molecule has 0 saturated carbocycles. The third-order valence-electron chi connectivity index (χ3n) is 2.51. The Labute approximate surface area is 114 Å². The first-order chi connectivity index (χ1) is 8.76. The highest BCUT2D eigenvalue weighted by atomic mass is 79.9. The van der Waals surface area contributed by atoms with E-state index in [2.05, 4.69) is 36.2 Å². The Morgan fingerprint density at radius 1 is 1.28 bits per heavy atom. The van der Waals surface area contributed by atoms with Gasteiger partial charge in [0.05, 0.1) is 13.2 Å². The van der Waals surface area contributed by atoms with Gasteiger partial charge in [-0.15, -0.1) is 0 Å². The monoisotopic (exact) mass is 308 g/mol. The number of nitrogens with zero attached hydrogens (tertiary/aromatic N) is 3. The molecule has 1 N–H and O–H groups in total. The van der Waals surface area contributed by atoms with E-state index >= 15 is 0 Å². The number of hydrogen-bond donors (Lipinski definition) is 1. The molecule has 5 nitrogen and oxygen atoms in total.